The number of aromatic nitrogens is 2. The standard InChI is InChI=1S/C21H29N5O3/c1-15-13-25(8-10-28-15)19-12-20(26-9-11-29-16(2)14-26)24-21(23-19)22-17-4-6-18(27-3)7-5-17/h4-7,12,15-16H,8-11,13-14H2,1-3H3,(H,22,23,24)/t15-,16-/m0/s1. The molecule has 0 unspecified atom stereocenters. The van der Waals surface area contributed by atoms with Gasteiger partial charge in [0.2, 0.25) is 5.95 Å². The molecule has 1 aromatic heterocycles. The molecule has 4 rings (SSSR count). The quantitative estimate of drug-likeness (QED) is 0.823. The number of ether oxygens (including phenoxy) is 3. The SMILES string of the molecule is COc1ccc(Nc2nc(N3CCO[C@@H](C)C3)cc(N3CCO[C@@H](C)C3)n2)cc1. The third-order valence-corrected chi connectivity index (χ3v) is 5.18. The third kappa shape index (κ3) is 4.89. The van der Waals surface area contributed by atoms with E-state index in [0.717, 1.165) is 49.3 Å². The molecule has 156 valence electrons. The van der Waals surface area contributed by atoms with Crippen molar-refractivity contribution in [3.63, 3.8) is 0 Å². The second-order valence-electron chi connectivity index (χ2n) is 7.52. The highest BCUT2D eigenvalue weighted by atomic mass is 16.5. The van der Waals surface area contributed by atoms with Crippen LogP contribution in [0.2, 0.25) is 0 Å². The topological polar surface area (TPSA) is 72.0 Å². The smallest absolute Gasteiger partial charge is 0.231 e. The number of benzene rings is 1. The Balaban J connectivity index is 1.63. The number of methoxy groups -OCH3 is 1. The minimum absolute atomic E-state index is 0.184. The summed E-state index contributed by atoms with van der Waals surface area (Å²) in [5, 5.41) is 3.34. The van der Waals surface area contributed by atoms with Gasteiger partial charge in [0.15, 0.2) is 0 Å². The number of nitrogens with one attached hydrogen (secondary N) is 1. The predicted molar refractivity (Wildman–Crippen MR) is 114 cm³/mol. The summed E-state index contributed by atoms with van der Waals surface area (Å²) in [6.45, 7) is 8.87. The zero-order valence-corrected chi connectivity index (χ0v) is 17.3. The van der Waals surface area contributed by atoms with E-state index in [-0.39, 0.29) is 12.2 Å². The summed E-state index contributed by atoms with van der Waals surface area (Å²) in [5.74, 6) is 3.23. The zero-order valence-electron chi connectivity index (χ0n) is 17.3. The van der Waals surface area contributed by atoms with E-state index < -0.39 is 0 Å². The van der Waals surface area contributed by atoms with Crippen LogP contribution in [0.15, 0.2) is 30.3 Å². The summed E-state index contributed by atoms with van der Waals surface area (Å²) >= 11 is 0. The van der Waals surface area contributed by atoms with Crippen LogP contribution < -0.4 is 19.9 Å². The maximum atomic E-state index is 5.70. The number of hydrogen-bond acceptors (Lipinski definition) is 8. The lowest BCUT2D eigenvalue weighted by Gasteiger charge is -2.35. The van der Waals surface area contributed by atoms with Crippen LogP contribution in [0, 0.1) is 0 Å². The molecule has 29 heavy (non-hydrogen) atoms. The third-order valence-electron chi connectivity index (χ3n) is 5.18. The van der Waals surface area contributed by atoms with Crippen LogP contribution in [-0.2, 0) is 9.47 Å². The van der Waals surface area contributed by atoms with Crippen molar-refractivity contribution in [2.45, 2.75) is 26.1 Å². The Morgan fingerprint density at radius 3 is 1.97 bits per heavy atom. The van der Waals surface area contributed by atoms with Crippen LogP contribution in [0.3, 0.4) is 0 Å². The zero-order chi connectivity index (χ0) is 20.2. The maximum Gasteiger partial charge on any atom is 0.231 e. The molecule has 2 aliphatic heterocycles. The van der Waals surface area contributed by atoms with E-state index in [0.29, 0.717) is 19.2 Å². The molecule has 2 saturated heterocycles. The van der Waals surface area contributed by atoms with Crippen molar-refractivity contribution < 1.29 is 14.2 Å². The van der Waals surface area contributed by atoms with Crippen molar-refractivity contribution in [2.24, 2.45) is 0 Å². The molecule has 3 heterocycles. The molecule has 2 fully saturated rings. The van der Waals surface area contributed by atoms with E-state index in [4.69, 9.17) is 24.2 Å². The van der Waals surface area contributed by atoms with Gasteiger partial charge in [-0.2, -0.15) is 9.97 Å². The van der Waals surface area contributed by atoms with Crippen molar-refractivity contribution in [3.05, 3.63) is 30.3 Å². The average molecular weight is 399 g/mol. The molecule has 8 nitrogen and oxygen atoms in total. The molecular formula is C21H29N5O3. The second-order valence-corrected chi connectivity index (χ2v) is 7.52. The first kappa shape index (κ1) is 19.7. The fraction of sp³-hybridized carbons (Fsp3) is 0.524. The lowest BCUT2D eigenvalue weighted by atomic mass is 10.2. The van der Waals surface area contributed by atoms with Gasteiger partial charge in [-0.1, -0.05) is 0 Å². The van der Waals surface area contributed by atoms with E-state index in [9.17, 15) is 0 Å². The largest absolute Gasteiger partial charge is 0.497 e. The lowest BCUT2D eigenvalue weighted by molar-refractivity contribution is 0.0526. The van der Waals surface area contributed by atoms with Crippen LogP contribution in [0.25, 0.3) is 0 Å². The van der Waals surface area contributed by atoms with Gasteiger partial charge < -0.3 is 29.3 Å². The maximum absolute atomic E-state index is 5.70. The summed E-state index contributed by atoms with van der Waals surface area (Å²) in [6, 6.07) is 9.83. The molecule has 8 heteroatoms. The highest BCUT2D eigenvalue weighted by Gasteiger charge is 2.23. The summed E-state index contributed by atoms with van der Waals surface area (Å²) in [4.78, 5) is 14.1. The molecule has 0 aliphatic carbocycles. The molecule has 0 spiro atoms. The Morgan fingerprint density at radius 1 is 0.931 bits per heavy atom. The minimum atomic E-state index is 0.184. The van der Waals surface area contributed by atoms with Crippen molar-refractivity contribution in [2.75, 3.05) is 61.6 Å². The van der Waals surface area contributed by atoms with Gasteiger partial charge in [0, 0.05) is 37.9 Å². The fourth-order valence-electron chi connectivity index (χ4n) is 3.66. The molecule has 0 bridgehead atoms. The van der Waals surface area contributed by atoms with Gasteiger partial charge in [-0.3, -0.25) is 0 Å². The highest BCUT2D eigenvalue weighted by Crippen LogP contribution is 2.26. The van der Waals surface area contributed by atoms with Crippen LogP contribution in [0.4, 0.5) is 23.3 Å². The van der Waals surface area contributed by atoms with Crippen molar-refractivity contribution in [3.8, 4) is 5.75 Å². The molecule has 2 aromatic rings. The van der Waals surface area contributed by atoms with E-state index in [1.54, 1.807) is 7.11 Å². The molecule has 2 aliphatic rings. The number of rotatable bonds is 5. The van der Waals surface area contributed by atoms with Crippen LogP contribution >= 0.6 is 0 Å². The van der Waals surface area contributed by atoms with E-state index in [1.165, 1.54) is 0 Å². The summed E-state index contributed by atoms with van der Waals surface area (Å²) in [5.41, 5.74) is 0.916. The molecule has 0 amide bonds. The summed E-state index contributed by atoms with van der Waals surface area (Å²) < 4.78 is 16.6. The van der Waals surface area contributed by atoms with Gasteiger partial charge in [-0.15, -0.1) is 0 Å². The van der Waals surface area contributed by atoms with E-state index in [1.807, 2.05) is 24.3 Å². The minimum Gasteiger partial charge on any atom is -0.497 e. The van der Waals surface area contributed by atoms with Crippen molar-refractivity contribution in [1.29, 1.82) is 0 Å². The highest BCUT2D eigenvalue weighted by molar-refractivity contribution is 5.61. The van der Waals surface area contributed by atoms with Gasteiger partial charge in [0.05, 0.1) is 32.5 Å². The Kier molecular flexibility index (Phi) is 6.01. The average Bonchev–Trinajstić information content (AvgIpc) is 2.74. The number of nitrogens with zero attached hydrogens (tertiary/aromatic N) is 4. The lowest BCUT2D eigenvalue weighted by Crippen LogP contribution is -2.43. The molecule has 1 N–H and O–H groups in total. The van der Waals surface area contributed by atoms with Gasteiger partial charge in [0.1, 0.15) is 17.4 Å². The van der Waals surface area contributed by atoms with Crippen molar-refractivity contribution in [1.82, 2.24) is 9.97 Å². The van der Waals surface area contributed by atoms with Gasteiger partial charge >= 0.3 is 0 Å². The number of anilines is 4. The normalized spacial score (nSPS) is 22.4. The van der Waals surface area contributed by atoms with Crippen molar-refractivity contribution >= 4 is 23.3 Å². The molecule has 0 radical (unpaired) electrons. The van der Waals surface area contributed by atoms with Gasteiger partial charge in [-0.05, 0) is 38.1 Å². The summed E-state index contributed by atoms with van der Waals surface area (Å²) in [7, 11) is 1.66. The first-order valence-electron chi connectivity index (χ1n) is 10.1. The first-order valence-corrected chi connectivity index (χ1v) is 10.1. The fourth-order valence-corrected chi connectivity index (χ4v) is 3.66. The Bertz CT molecular complexity index is 776. The van der Waals surface area contributed by atoms with Crippen LogP contribution in [0.5, 0.6) is 5.75 Å². The molecule has 2 atom stereocenters. The predicted octanol–water partition coefficient (Wildman–Crippen LogP) is 2.68. The Labute approximate surface area is 171 Å². The van der Waals surface area contributed by atoms with Gasteiger partial charge in [-0.25, -0.2) is 0 Å². The summed E-state index contributed by atoms with van der Waals surface area (Å²) in [6.07, 6.45) is 0.368. The van der Waals surface area contributed by atoms with Gasteiger partial charge in [0.25, 0.3) is 0 Å². The number of hydrogen-bond donors (Lipinski definition) is 1. The molecule has 0 saturated carbocycles. The second kappa shape index (κ2) is 8.84. The molecular weight excluding hydrogens is 370 g/mol. The Morgan fingerprint density at radius 2 is 1.48 bits per heavy atom. The first-order chi connectivity index (χ1) is 14.1. The number of morpholine rings is 2. The Hall–Kier alpha value is -2.58. The monoisotopic (exact) mass is 399 g/mol. The van der Waals surface area contributed by atoms with Crippen LogP contribution in [-0.4, -0.2) is 68.7 Å². The van der Waals surface area contributed by atoms with E-state index >= 15 is 0 Å². The van der Waals surface area contributed by atoms with Crippen LogP contribution in [0.1, 0.15) is 13.8 Å². The molecule has 1 aromatic carbocycles. The van der Waals surface area contributed by atoms with E-state index in [2.05, 4.69) is 35.0 Å².